The Bertz CT molecular complexity index is 614. The number of aromatic nitrogens is 2. The van der Waals surface area contributed by atoms with Crippen molar-refractivity contribution in [2.75, 3.05) is 17.7 Å². The van der Waals surface area contributed by atoms with Gasteiger partial charge in [0.2, 0.25) is 0 Å². The third-order valence-corrected chi connectivity index (χ3v) is 4.66. The summed E-state index contributed by atoms with van der Waals surface area (Å²) in [6.07, 6.45) is -1.54. The highest BCUT2D eigenvalue weighted by Crippen LogP contribution is 2.64. The average molecular weight is 303 g/mol. The van der Waals surface area contributed by atoms with Crippen LogP contribution in [0.3, 0.4) is 0 Å². The SMILES string of the molecule is CSC[C@]12O[C@@H](n3ccc(N)nc3=O)[C@H](F)[C@]1(O)C2O. The van der Waals surface area contributed by atoms with Gasteiger partial charge in [-0.1, -0.05) is 0 Å². The lowest BCUT2D eigenvalue weighted by Gasteiger charge is -2.22. The number of aliphatic hydroxyl groups excluding tert-OH is 1. The first-order valence-corrected chi connectivity index (χ1v) is 7.34. The molecule has 1 aromatic rings. The van der Waals surface area contributed by atoms with Gasteiger partial charge in [-0.05, 0) is 12.3 Å². The first-order chi connectivity index (χ1) is 9.38. The zero-order chi connectivity index (χ0) is 14.7. The quantitative estimate of drug-likeness (QED) is 0.650. The second-order valence-corrected chi connectivity index (χ2v) is 5.87. The number of nitrogens with two attached hydrogens (primary N) is 1. The highest BCUT2D eigenvalue weighted by atomic mass is 32.2. The highest BCUT2D eigenvalue weighted by molar-refractivity contribution is 7.98. The third kappa shape index (κ3) is 1.46. The second kappa shape index (κ2) is 4.17. The van der Waals surface area contributed by atoms with Crippen LogP contribution in [0.25, 0.3) is 0 Å². The molecule has 110 valence electrons. The van der Waals surface area contributed by atoms with Gasteiger partial charge >= 0.3 is 5.69 Å². The molecular weight excluding hydrogens is 289 g/mol. The van der Waals surface area contributed by atoms with E-state index in [-0.39, 0.29) is 11.6 Å². The van der Waals surface area contributed by atoms with Gasteiger partial charge in [-0.2, -0.15) is 16.7 Å². The lowest BCUT2D eigenvalue weighted by Crippen LogP contribution is -2.38. The van der Waals surface area contributed by atoms with Crippen LogP contribution < -0.4 is 11.4 Å². The number of nitrogen functional groups attached to an aromatic ring is 1. The molecule has 9 heteroatoms. The molecule has 7 nitrogen and oxygen atoms in total. The predicted molar refractivity (Wildman–Crippen MR) is 70.0 cm³/mol. The maximum atomic E-state index is 14.4. The summed E-state index contributed by atoms with van der Waals surface area (Å²) in [5, 5.41) is 20.0. The Kier molecular flexibility index (Phi) is 2.88. The molecule has 0 amide bonds. The fourth-order valence-electron chi connectivity index (χ4n) is 2.79. The van der Waals surface area contributed by atoms with Crippen LogP contribution >= 0.6 is 11.8 Å². The molecule has 1 saturated heterocycles. The van der Waals surface area contributed by atoms with Crippen molar-refractivity contribution in [3.8, 4) is 0 Å². The van der Waals surface area contributed by atoms with Gasteiger partial charge in [0.1, 0.15) is 17.5 Å². The van der Waals surface area contributed by atoms with E-state index in [1.54, 1.807) is 6.26 Å². The number of nitrogens with zero attached hydrogens (tertiary/aromatic N) is 2. The molecule has 1 saturated carbocycles. The van der Waals surface area contributed by atoms with E-state index in [1.807, 2.05) is 0 Å². The number of thioether (sulfide) groups is 1. The van der Waals surface area contributed by atoms with Crippen molar-refractivity contribution >= 4 is 17.6 Å². The maximum Gasteiger partial charge on any atom is 0.351 e. The van der Waals surface area contributed by atoms with Crippen LogP contribution in [-0.4, -0.2) is 55.3 Å². The van der Waals surface area contributed by atoms with E-state index < -0.39 is 35.4 Å². The summed E-state index contributed by atoms with van der Waals surface area (Å²) in [5.74, 6) is 0.237. The first-order valence-electron chi connectivity index (χ1n) is 5.94. The Morgan fingerprint density at radius 3 is 3.00 bits per heavy atom. The molecule has 20 heavy (non-hydrogen) atoms. The first kappa shape index (κ1) is 13.8. The third-order valence-electron chi connectivity index (χ3n) is 3.94. The zero-order valence-corrected chi connectivity index (χ0v) is 11.4. The summed E-state index contributed by atoms with van der Waals surface area (Å²) in [4.78, 5) is 15.2. The molecule has 2 fully saturated rings. The van der Waals surface area contributed by atoms with E-state index in [0.717, 1.165) is 4.57 Å². The van der Waals surface area contributed by atoms with Crippen molar-refractivity contribution in [1.29, 1.82) is 0 Å². The smallest absolute Gasteiger partial charge is 0.351 e. The second-order valence-electron chi connectivity index (χ2n) is 5.00. The summed E-state index contributed by atoms with van der Waals surface area (Å²) in [6, 6.07) is 1.34. The van der Waals surface area contributed by atoms with E-state index in [1.165, 1.54) is 24.0 Å². The molecule has 2 aliphatic rings. The normalized spacial score (nSPS) is 42.5. The molecule has 3 rings (SSSR count). The van der Waals surface area contributed by atoms with E-state index >= 15 is 0 Å². The molecule has 4 N–H and O–H groups in total. The number of aliphatic hydroxyl groups is 2. The van der Waals surface area contributed by atoms with Crippen molar-refractivity contribution in [1.82, 2.24) is 9.55 Å². The standard InChI is InChI=1S/C11H14FN3O4S/c1-20-4-10-8(16)11(10,18)6(12)7(19-10)15-3-2-5(13)14-9(15)17/h2-3,6-8,16,18H,4H2,1H3,(H2,13,14,17)/t6-,7+,8?,10+,11-/m0/s1. The van der Waals surface area contributed by atoms with Crippen molar-refractivity contribution < 1.29 is 19.3 Å². The number of alkyl halides is 1. The monoisotopic (exact) mass is 303 g/mol. The number of halogens is 1. The summed E-state index contributed by atoms with van der Waals surface area (Å²) in [7, 11) is 0. The molecule has 0 bridgehead atoms. The number of hydrogen-bond acceptors (Lipinski definition) is 7. The van der Waals surface area contributed by atoms with Gasteiger partial charge in [-0.15, -0.1) is 0 Å². The minimum absolute atomic E-state index is 0.0161. The minimum Gasteiger partial charge on any atom is -0.387 e. The lowest BCUT2D eigenvalue weighted by atomic mass is 10.1. The van der Waals surface area contributed by atoms with E-state index in [0.29, 0.717) is 0 Å². The van der Waals surface area contributed by atoms with Crippen molar-refractivity contribution in [2.45, 2.75) is 29.7 Å². The van der Waals surface area contributed by atoms with Crippen LogP contribution in [0, 0.1) is 0 Å². The number of rotatable bonds is 3. The van der Waals surface area contributed by atoms with Crippen molar-refractivity contribution in [3.05, 3.63) is 22.7 Å². The van der Waals surface area contributed by atoms with Gasteiger partial charge in [-0.3, -0.25) is 4.57 Å². The summed E-state index contributed by atoms with van der Waals surface area (Å²) >= 11 is 1.31. The number of fused-ring (bicyclic) bond motifs is 1. The fraction of sp³-hybridized carbons (Fsp3) is 0.636. The van der Waals surface area contributed by atoms with Crippen molar-refractivity contribution in [2.24, 2.45) is 0 Å². The Morgan fingerprint density at radius 1 is 1.70 bits per heavy atom. The summed E-state index contributed by atoms with van der Waals surface area (Å²) in [6.45, 7) is 0. The summed E-state index contributed by atoms with van der Waals surface area (Å²) < 4.78 is 20.8. The molecule has 1 aromatic heterocycles. The molecule has 0 spiro atoms. The molecule has 1 unspecified atom stereocenters. The lowest BCUT2D eigenvalue weighted by molar-refractivity contribution is -0.0864. The minimum atomic E-state index is -1.98. The van der Waals surface area contributed by atoms with Crippen LogP contribution in [0.1, 0.15) is 6.23 Å². The average Bonchev–Trinajstić information content (AvgIpc) is 2.73. The molecule has 1 aliphatic carbocycles. The molecule has 2 heterocycles. The van der Waals surface area contributed by atoms with E-state index in [2.05, 4.69) is 4.98 Å². The Balaban J connectivity index is 1.97. The van der Waals surface area contributed by atoms with E-state index in [9.17, 15) is 19.4 Å². The Hall–Kier alpha value is -1.16. The largest absolute Gasteiger partial charge is 0.387 e. The Morgan fingerprint density at radius 2 is 2.40 bits per heavy atom. The maximum absolute atomic E-state index is 14.4. The zero-order valence-electron chi connectivity index (χ0n) is 10.6. The molecule has 0 radical (unpaired) electrons. The van der Waals surface area contributed by atoms with Crippen LogP contribution in [0.15, 0.2) is 17.1 Å². The highest BCUT2D eigenvalue weighted by Gasteiger charge is 2.87. The number of ether oxygens (including phenoxy) is 1. The topological polar surface area (TPSA) is 111 Å². The molecule has 1 aliphatic heterocycles. The van der Waals surface area contributed by atoms with Gasteiger partial charge in [0.15, 0.2) is 18.0 Å². The van der Waals surface area contributed by atoms with Gasteiger partial charge in [-0.25, -0.2) is 9.18 Å². The predicted octanol–water partition coefficient (Wildman–Crippen LogP) is -1.10. The molecule has 5 atom stereocenters. The van der Waals surface area contributed by atoms with E-state index in [4.69, 9.17) is 10.5 Å². The van der Waals surface area contributed by atoms with Gasteiger partial charge in [0.25, 0.3) is 0 Å². The Labute approximate surface area is 117 Å². The van der Waals surface area contributed by atoms with Crippen LogP contribution in [0.2, 0.25) is 0 Å². The van der Waals surface area contributed by atoms with Crippen LogP contribution in [-0.2, 0) is 4.74 Å². The number of anilines is 1. The summed E-state index contributed by atoms with van der Waals surface area (Å²) in [5.41, 5.74) is 1.24. The van der Waals surface area contributed by atoms with Crippen LogP contribution in [0.4, 0.5) is 10.2 Å². The van der Waals surface area contributed by atoms with Gasteiger partial charge in [0, 0.05) is 11.9 Å². The van der Waals surface area contributed by atoms with Gasteiger partial charge < -0.3 is 20.7 Å². The van der Waals surface area contributed by atoms with Crippen molar-refractivity contribution in [3.63, 3.8) is 0 Å². The van der Waals surface area contributed by atoms with Gasteiger partial charge in [0.05, 0.1) is 0 Å². The molecule has 0 aromatic carbocycles. The number of hydrogen-bond donors (Lipinski definition) is 3. The molecular formula is C11H14FN3O4S. The van der Waals surface area contributed by atoms with Crippen LogP contribution in [0.5, 0.6) is 0 Å². The fourth-order valence-corrected chi connectivity index (χ4v) is 3.68.